The largest absolute Gasteiger partial charge is 0.464 e. The Morgan fingerprint density at radius 1 is 1.23 bits per heavy atom. The van der Waals surface area contributed by atoms with Gasteiger partial charge in [-0.15, -0.1) is 15.3 Å². The summed E-state index contributed by atoms with van der Waals surface area (Å²) in [6, 6.07) is 8.43. The predicted octanol–water partition coefficient (Wildman–Crippen LogP) is 2.93. The lowest BCUT2D eigenvalue weighted by atomic mass is 10.1. The van der Waals surface area contributed by atoms with Gasteiger partial charge in [-0.3, -0.25) is 0 Å². The van der Waals surface area contributed by atoms with Gasteiger partial charge in [-0.05, 0) is 44.0 Å². The highest BCUT2D eigenvalue weighted by Gasteiger charge is 2.30. The molecule has 3 aromatic rings. The average molecular weight is 297 g/mol. The van der Waals surface area contributed by atoms with Crippen molar-refractivity contribution in [3.63, 3.8) is 0 Å². The summed E-state index contributed by atoms with van der Waals surface area (Å²) in [5.41, 5.74) is 0.781. The molecule has 4 heterocycles. The topological polar surface area (TPSA) is 59.5 Å². The minimum atomic E-state index is 0.266. The maximum atomic E-state index is 5.96. The van der Waals surface area contributed by atoms with Crippen LogP contribution in [0.25, 0.3) is 5.65 Å². The Bertz CT molecular complexity index is 806. The van der Waals surface area contributed by atoms with Gasteiger partial charge in [0.1, 0.15) is 17.3 Å². The molecule has 1 unspecified atom stereocenters. The maximum absolute atomic E-state index is 5.96. The van der Waals surface area contributed by atoms with Crippen molar-refractivity contribution < 1.29 is 4.42 Å². The molecule has 0 N–H and O–H groups in total. The first-order valence-corrected chi connectivity index (χ1v) is 7.80. The molecule has 1 saturated heterocycles. The summed E-state index contributed by atoms with van der Waals surface area (Å²) in [6.45, 7) is 5.02. The molecule has 0 amide bonds. The Labute approximate surface area is 128 Å². The number of fused-ring (bicyclic) bond motifs is 1. The summed E-state index contributed by atoms with van der Waals surface area (Å²) in [4.78, 5) is 2.32. The highest BCUT2D eigenvalue weighted by atomic mass is 16.3. The van der Waals surface area contributed by atoms with Crippen molar-refractivity contribution in [2.75, 3.05) is 11.4 Å². The van der Waals surface area contributed by atoms with Crippen LogP contribution in [0.2, 0.25) is 0 Å². The van der Waals surface area contributed by atoms with E-state index in [1.165, 1.54) is 0 Å². The van der Waals surface area contributed by atoms with Crippen LogP contribution in [0, 0.1) is 6.92 Å². The van der Waals surface area contributed by atoms with Crippen LogP contribution in [0.4, 0.5) is 5.82 Å². The normalized spacial score (nSPS) is 18.5. The van der Waals surface area contributed by atoms with Gasteiger partial charge in [0.2, 0.25) is 0 Å². The molecule has 22 heavy (non-hydrogen) atoms. The summed E-state index contributed by atoms with van der Waals surface area (Å²) in [7, 11) is 0. The summed E-state index contributed by atoms with van der Waals surface area (Å²) < 4.78 is 7.76. The SMILES string of the molecule is CCc1ccc(C2CCCN2c2ccc3nnc(C)n3n2)o1. The van der Waals surface area contributed by atoms with Crippen molar-refractivity contribution in [1.29, 1.82) is 0 Å². The Kier molecular flexibility index (Phi) is 3.10. The zero-order valence-corrected chi connectivity index (χ0v) is 12.9. The van der Waals surface area contributed by atoms with E-state index < -0.39 is 0 Å². The molecule has 1 aliphatic rings. The number of nitrogens with zero attached hydrogens (tertiary/aromatic N) is 5. The van der Waals surface area contributed by atoms with Crippen molar-refractivity contribution in [3.05, 3.63) is 41.6 Å². The average Bonchev–Trinajstić information content (AvgIpc) is 3.25. The molecular formula is C16H19N5O. The van der Waals surface area contributed by atoms with Gasteiger partial charge in [-0.25, -0.2) is 0 Å². The predicted molar refractivity (Wildman–Crippen MR) is 82.9 cm³/mol. The third-order valence-corrected chi connectivity index (χ3v) is 4.31. The second-order valence-corrected chi connectivity index (χ2v) is 5.72. The summed E-state index contributed by atoms with van der Waals surface area (Å²) in [6.07, 6.45) is 3.17. The summed E-state index contributed by atoms with van der Waals surface area (Å²) >= 11 is 0. The molecule has 0 bridgehead atoms. The van der Waals surface area contributed by atoms with Gasteiger partial charge in [0.25, 0.3) is 0 Å². The zero-order chi connectivity index (χ0) is 15.1. The number of furan rings is 1. The van der Waals surface area contributed by atoms with Gasteiger partial charge in [0, 0.05) is 13.0 Å². The molecule has 0 saturated carbocycles. The monoisotopic (exact) mass is 297 g/mol. The Balaban J connectivity index is 1.70. The van der Waals surface area contributed by atoms with Gasteiger partial charge in [-0.2, -0.15) is 4.52 Å². The van der Waals surface area contributed by atoms with E-state index in [-0.39, 0.29) is 6.04 Å². The molecule has 3 aromatic heterocycles. The molecule has 0 radical (unpaired) electrons. The van der Waals surface area contributed by atoms with Crippen molar-refractivity contribution in [2.24, 2.45) is 0 Å². The summed E-state index contributed by atoms with van der Waals surface area (Å²) in [5.74, 6) is 3.84. The van der Waals surface area contributed by atoms with Crippen molar-refractivity contribution in [3.8, 4) is 0 Å². The quantitative estimate of drug-likeness (QED) is 0.744. The second kappa shape index (κ2) is 5.12. The van der Waals surface area contributed by atoms with E-state index in [0.717, 1.165) is 54.6 Å². The molecule has 1 atom stereocenters. The van der Waals surface area contributed by atoms with Crippen LogP contribution in [-0.2, 0) is 6.42 Å². The van der Waals surface area contributed by atoms with Gasteiger partial charge in [-0.1, -0.05) is 6.92 Å². The fraction of sp³-hybridized carbons (Fsp3) is 0.438. The number of hydrogen-bond acceptors (Lipinski definition) is 5. The molecule has 6 heteroatoms. The molecule has 0 spiro atoms. The van der Waals surface area contributed by atoms with Crippen molar-refractivity contribution >= 4 is 11.5 Å². The van der Waals surface area contributed by atoms with Crippen LogP contribution in [0.3, 0.4) is 0 Å². The molecule has 4 rings (SSSR count). The third kappa shape index (κ3) is 2.06. The standard InChI is InChI=1S/C16H19N5O/c1-3-12-6-7-14(22-12)13-5-4-10-20(13)16-9-8-15-18-17-11(2)21(15)19-16/h6-9,13H,3-5,10H2,1-2H3. The lowest BCUT2D eigenvalue weighted by Gasteiger charge is -2.24. The van der Waals surface area contributed by atoms with E-state index in [1.54, 1.807) is 4.52 Å². The molecule has 0 aromatic carbocycles. The lowest BCUT2D eigenvalue weighted by molar-refractivity contribution is 0.434. The van der Waals surface area contributed by atoms with Crippen molar-refractivity contribution in [2.45, 2.75) is 39.2 Å². The molecule has 6 nitrogen and oxygen atoms in total. The fourth-order valence-electron chi connectivity index (χ4n) is 3.14. The molecule has 0 aliphatic carbocycles. The van der Waals surface area contributed by atoms with Crippen LogP contribution in [0.15, 0.2) is 28.7 Å². The number of rotatable bonds is 3. The van der Waals surface area contributed by atoms with Crippen LogP contribution in [0.5, 0.6) is 0 Å². The van der Waals surface area contributed by atoms with E-state index in [1.807, 2.05) is 19.1 Å². The van der Waals surface area contributed by atoms with Crippen LogP contribution in [0.1, 0.15) is 43.2 Å². The Hall–Kier alpha value is -2.37. The number of aryl methyl sites for hydroxylation is 2. The minimum Gasteiger partial charge on any atom is -0.464 e. The Morgan fingerprint density at radius 3 is 2.95 bits per heavy atom. The molecule has 114 valence electrons. The first-order valence-electron chi connectivity index (χ1n) is 7.80. The van der Waals surface area contributed by atoms with E-state index in [0.29, 0.717) is 0 Å². The minimum absolute atomic E-state index is 0.266. The Morgan fingerprint density at radius 2 is 2.14 bits per heavy atom. The van der Waals surface area contributed by atoms with E-state index in [9.17, 15) is 0 Å². The maximum Gasteiger partial charge on any atom is 0.178 e. The van der Waals surface area contributed by atoms with Crippen molar-refractivity contribution in [1.82, 2.24) is 19.8 Å². The van der Waals surface area contributed by atoms with Crippen LogP contribution in [-0.4, -0.2) is 26.4 Å². The van der Waals surface area contributed by atoms with E-state index in [4.69, 9.17) is 9.52 Å². The highest BCUT2D eigenvalue weighted by Crippen LogP contribution is 2.36. The molecule has 1 fully saturated rings. The second-order valence-electron chi connectivity index (χ2n) is 5.72. The number of aromatic nitrogens is 4. The van der Waals surface area contributed by atoms with Crippen LogP contribution >= 0.6 is 0 Å². The third-order valence-electron chi connectivity index (χ3n) is 4.31. The number of anilines is 1. The van der Waals surface area contributed by atoms with Crippen LogP contribution < -0.4 is 4.90 Å². The molecule has 1 aliphatic heterocycles. The lowest BCUT2D eigenvalue weighted by Crippen LogP contribution is -2.24. The fourth-order valence-corrected chi connectivity index (χ4v) is 3.14. The van der Waals surface area contributed by atoms with Gasteiger partial charge < -0.3 is 9.32 Å². The van der Waals surface area contributed by atoms with Gasteiger partial charge in [0.05, 0.1) is 6.04 Å². The smallest absolute Gasteiger partial charge is 0.178 e. The highest BCUT2D eigenvalue weighted by molar-refractivity contribution is 5.47. The first-order chi connectivity index (χ1) is 10.8. The molecular weight excluding hydrogens is 278 g/mol. The first kappa shape index (κ1) is 13.3. The zero-order valence-electron chi connectivity index (χ0n) is 12.9. The van der Waals surface area contributed by atoms with Gasteiger partial charge >= 0.3 is 0 Å². The summed E-state index contributed by atoms with van der Waals surface area (Å²) in [5, 5.41) is 12.9. The van der Waals surface area contributed by atoms with Gasteiger partial charge in [0.15, 0.2) is 11.5 Å². The number of hydrogen-bond donors (Lipinski definition) is 0. The van der Waals surface area contributed by atoms with E-state index in [2.05, 4.69) is 34.2 Å². The van der Waals surface area contributed by atoms with E-state index >= 15 is 0 Å².